The summed E-state index contributed by atoms with van der Waals surface area (Å²) in [6.45, 7) is 5.51. The lowest BCUT2D eigenvalue weighted by atomic mass is 9.92. The first-order valence-electron chi connectivity index (χ1n) is 9.90. The lowest BCUT2D eigenvalue weighted by Gasteiger charge is -2.34. The second-order valence-corrected chi connectivity index (χ2v) is 8.82. The molecule has 3 heterocycles. The Morgan fingerprint density at radius 3 is 2.62 bits per heavy atom. The van der Waals surface area contributed by atoms with Gasteiger partial charge < -0.3 is 9.64 Å². The highest BCUT2D eigenvalue weighted by Crippen LogP contribution is 2.28. The quantitative estimate of drug-likeness (QED) is 0.591. The molecule has 0 saturated carbocycles. The van der Waals surface area contributed by atoms with Gasteiger partial charge in [-0.05, 0) is 41.8 Å². The third-order valence-corrected chi connectivity index (χ3v) is 6.15. The number of thiophene rings is 1. The van der Waals surface area contributed by atoms with E-state index in [-0.39, 0.29) is 12.5 Å². The summed E-state index contributed by atoms with van der Waals surface area (Å²) in [5.74, 6) is 0.313. The number of aromatic nitrogens is 1. The van der Waals surface area contributed by atoms with Crippen LogP contribution in [0, 0.1) is 11.8 Å². The first kappa shape index (κ1) is 19.6. The summed E-state index contributed by atoms with van der Waals surface area (Å²) < 4.78 is 5.44. The molecule has 0 radical (unpaired) electrons. The van der Waals surface area contributed by atoms with Crippen molar-refractivity contribution in [1.29, 1.82) is 0 Å². The minimum Gasteiger partial charge on any atom is -0.452 e. The van der Waals surface area contributed by atoms with Gasteiger partial charge in [-0.2, -0.15) is 0 Å². The minimum atomic E-state index is -0.493. The van der Waals surface area contributed by atoms with E-state index >= 15 is 0 Å². The average Bonchev–Trinajstić information content (AvgIpc) is 3.25. The third-order valence-electron chi connectivity index (χ3n) is 5.26. The van der Waals surface area contributed by atoms with Crippen molar-refractivity contribution < 1.29 is 14.3 Å². The van der Waals surface area contributed by atoms with Crippen LogP contribution in [0.3, 0.4) is 0 Å². The molecule has 1 saturated heterocycles. The number of para-hydroxylation sites is 1. The molecule has 2 aromatic heterocycles. The van der Waals surface area contributed by atoms with E-state index in [2.05, 4.69) is 18.8 Å². The molecular weight excluding hydrogens is 384 g/mol. The molecule has 1 aliphatic rings. The van der Waals surface area contributed by atoms with Gasteiger partial charge in [0.1, 0.15) is 0 Å². The van der Waals surface area contributed by atoms with Crippen molar-refractivity contribution in [2.75, 3.05) is 19.7 Å². The number of piperidine rings is 1. The molecule has 6 heteroatoms. The second kappa shape index (κ2) is 8.33. The van der Waals surface area contributed by atoms with E-state index in [1.54, 1.807) is 17.4 Å². The lowest BCUT2D eigenvalue weighted by molar-refractivity contribution is -0.137. The maximum atomic E-state index is 12.9. The Bertz CT molecular complexity index is 1020. The Hall–Kier alpha value is -2.73. The van der Waals surface area contributed by atoms with E-state index < -0.39 is 5.97 Å². The molecule has 2 atom stereocenters. The number of fused-ring (bicyclic) bond motifs is 1. The number of amides is 1. The third kappa shape index (κ3) is 4.32. The highest BCUT2D eigenvalue weighted by molar-refractivity contribution is 7.13. The van der Waals surface area contributed by atoms with Gasteiger partial charge in [0.25, 0.3) is 5.91 Å². The van der Waals surface area contributed by atoms with E-state index in [1.807, 2.05) is 46.7 Å². The van der Waals surface area contributed by atoms with E-state index in [0.717, 1.165) is 41.0 Å². The predicted molar refractivity (Wildman–Crippen MR) is 115 cm³/mol. The molecule has 0 aliphatic carbocycles. The summed E-state index contributed by atoms with van der Waals surface area (Å²) in [5.41, 5.74) is 1.90. The topological polar surface area (TPSA) is 59.5 Å². The van der Waals surface area contributed by atoms with Crippen LogP contribution >= 0.6 is 11.3 Å². The van der Waals surface area contributed by atoms with Gasteiger partial charge in [0.2, 0.25) is 0 Å². The first-order valence-corrected chi connectivity index (χ1v) is 10.8. The zero-order chi connectivity index (χ0) is 20.4. The number of carbonyl (C=O) groups is 2. The molecule has 0 N–H and O–H groups in total. The Morgan fingerprint density at radius 1 is 1.14 bits per heavy atom. The van der Waals surface area contributed by atoms with Crippen LogP contribution < -0.4 is 0 Å². The number of pyridine rings is 1. The summed E-state index contributed by atoms with van der Waals surface area (Å²) in [6, 6.07) is 13.2. The standard InChI is InChI=1S/C23H24N2O3S/c1-15-10-16(2)13-25(12-15)22(26)14-28-23(27)18-11-20(21-8-5-9-29-21)24-19-7-4-3-6-17(18)19/h3-9,11,15-16H,10,12-14H2,1-2H3/t15-,16-/m1/s1. The summed E-state index contributed by atoms with van der Waals surface area (Å²) in [4.78, 5) is 32.9. The van der Waals surface area contributed by atoms with Gasteiger partial charge in [-0.1, -0.05) is 38.1 Å². The molecular formula is C23H24N2O3S. The van der Waals surface area contributed by atoms with Crippen molar-refractivity contribution in [3.05, 3.63) is 53.4 Å². The van der Waals surface area contributed by atoms with Crippen LogP contribution in [-0.4, -0.2) is 41.5 Å². The molecule has 29 heavy (non-hydrogen) atoms. The van der Waals surface area contributed by atoms with Crippen LogP contribution in [0.5, 0.6) is 0 Å². The largest absolute Gasteiger partial charge is 0.452 e. The van der Waals surface area contributed by atoms with Crippen LogP contribution in [0.25, 0.3) is 21.5 Å². The molecule has 0 spiro atoms. The van der Waals surface area contributed by atoms with Crippen LogP contribution in [-0.2, 0) is 9.53 Å². The fraction of sp³-hybridized carbons (Fsp3) is 0.348. The summed E-state index contributed by atoms with van der Waals surface area (Å²) >= 11 is 1.57. The fourth-order valence-corrected chi connectivity index (χ4v) is 4.74. The molecule has 5 nitrogen and oxygen atoms in total. The normalized spacial score (nSPS) is 19.3. The van der Waals surface area contributed by atoms with Gasteiger partial charge in [-0.15, -0.1) is 11.3 Å². The lowest BCUT2D eigenvalue weighted by Crippen LogP contribution is -2.44. The molecule has 3 aromatic rings. The van der Waals surface area contributed by atoms with Gasteiger partial charge >= 0.3 is 5.97 Å². The number of nitrogens with zero attached hydrogens (tertiary/aromatic N) is 2. The van der Waals surface area contributed by atoms with Crippen molar-refractivity contribution in [2.24, 2.45) is 11.8 Å². The Balaban J connectivity index is 1.54. The number of esters is 1. The summed E-state index contributed by atoms with van der Waals surface area (Å²) in [6.07, 6.45) is 1.12. The van der Waals surface area contributed by atoms with E-state index in [4.69, 9.17) is 4.74 Å². The van der Waals surface area contributed by atoms with Crippen LogP contribution in [0.1, 0.15) is 30.6 Å². The number of likely N-dealkylation sites (tertiary alicyclic amines) is 1. The van der Waals surface area contributed by atoms with Gasteiger partial charge in [0.15, 0.2) is 6.61 Å². The number of carbonyl (C=O) groups excluding carboxylic acids is 2. The van der Waals surface area contributed by atoms with E-state index in [9.17, 15) is 9.59 Å². The Labute approximate surface area is 174 Å². The van der Waals surface area contributed by atoms with Crippen LogP contribution in [0.4, 0.5) is 0 Å². The van der Waals surface area contributed by atoms with Gasteiger partial charge in [0.05, 0.1) is 21.7 Å². The van der Waals surface area contributed by atoms with Crippen molar-refractivity contribution in [2.45, 2.75) is 20.3 Å². The average molecular weight is 409 g/mol. The van der Waals surface area contributed by atoms with Crippen molar-refractivity contribution in [1.82, 2.24) is 9.88 Å². The highest BCUT2D eigenvalue weighted by Gasteiger charge is 2.26. The van der Waals surface area contributed by atoms with E-state index in [1.165, 1.54) is 0 Å². The molecule has 1 aliphatic heterocycles. The Kier molecular flexibility index (Phi) is 5.62. The van der Waals surface area contributed by atoms with E-state index in [0.29, 0.717) is 17.4 Å². The predicted octanol–water partition coefficient (Wildman–Crippen LogP) is 4.62. The number of rotatable bonds is 4. The number of benzene rings is 1. The van der Waals surface area contributed by atoms with Crippen molar-refractivity contribution in [3.63, 3.8) is 0 Å². The first-order chi connectivity index (χ1) is 14.0. The zero-order valence-electron chi connectivity index (χ0n) is 16.6. The van der Waals surface area contributed by atoms with Crippen LogP contribution in [0.2, 0.25) is 0 Å². The number of hydrogen-bond acceptors (Lipinski definition) is 5. The van der Waals surface area contributed by atoms with Crippen LogP contribution in [0.15, 0.2) is 47.8 Å². The van der Waals surface area contributed by atoms with Crippen molar-refractivity contribution in [3.8, 4) is 10.6 Å². The molecule has 0 bridgehead atoms. The molecule has 150 valence electrons. The zero-order valence-corrected chi connectivity index (χ0v) is 17.4. The van der Waals surface area contributed by atoms with Gasteiger partial charge in [0, 0.05) is 18.5 Å². The molecule has 0 unspecified atom stereocenters. The maximum Gasteiger partial charge on any atom is 0.339 e. The number of hydrogen-bond donors (Lipinski definition) is 0. The molecule has 1 fully saturated rings. The number of ether oxygens (including phenoxy) is 1. The Morgan fingerprint density at radius 2 is 1.90 bits per heavy atom. The van der Waals surface area contributed by atoms with Gasteiger partial charge in [-0.25, -0.2) is 9.78 Å². The van der Waals surface area contributed by atoms with Crippen molar-refractivity contribution >= 4 is 34.1 Å². The second-order valence-electron chi connectivity index (χ2n) is 7.87. The smallest absolute Gasteiger partial charge is 0.339 e. The van der Waals surface area contributed by atoms with Gasteiger partial charge in [-0.3, -0.25) is 4.79 Å². The molecule has 4 rings (SSSR count). The monoisotopic (exact) mass is 408 g/mol. The molecule has 1 amide bonds. The highest BCUT2D eigenvalue weighted by atomic mass is 32.1. The maximum absolute atomic E-state index is 12.9. The summed E-state index contributed by atoms with van der Waals surface area (Å²) in [5, 5.41) is 2.70. The summed E-state index contributed by atoms with van der Waals surface area (Å²) in [7, 11) is 0. The molecule has 1 aromatic carbocycles. The fourth-order valence-electron chi connectivity index (χ4n) is 4.06. The minimum absolute atomic E-state index is 0.131. The SMILES string of the molecule is C[C@@H]1C[C@@H](C)CN(C(=O)COC(=O)c2cc(-c3cccs3)nc3ccccc23)C1.